The Labute approximate surface area is 137 Å². The van der Waals surface area contributed by atoms with Gasteiger partial charge in [-0.05, 0) is 38.2 Å². The Hall–Kier alpha value is -0.150. The number of hydrogen-bond acceptors (Lipinski definition) is 3. The SMILES string of the molecule is C=C(OCC(C)COC(C)CCCSC)C(C)(C)CCC. The zero-order valence-corrected chi connectivity index (χ0v) is 15.9. The number of allylic oxidation sites excluding steroid dienone is 1. The van der Waals surface area contributed by atoms with Gasteiger partial charge in [-0.2, -0.15) is 11.8 Å². The zero-order valence-electron chi connectivity index (χ0n) is 15.0. The van der Waals surface area contributed by atoms with Crippen LogP contribution in [0.15, 0.2) is 12.3 Å². The number of hydrogen-bond donors (Lipinski definition) is 0. The Morgan fingerprint density at radius 2 is 1.90 bits per heavy atom. The van der Waals surface area contributed by atoms with Crippen LogP contribution in [0.25, 0.3) is 0 Å². The molecule has 0 aromatic carbocycles. The minimum absolute atomic E-state index is 0.0699. The lowest BCUT2D eigenvalue weighted by Crippen LogP contribution is -2.21. The third-order valence-electron chi connectivity index (χ3n) is 3.80. The van der Waals surface area contributed by atoms with Gasteiger partial charge in [-0.3, -0.25) is 0 Å². The van der Waals surface area contributed by atoms with Crippen molar-refractivity contribution in [2.75, 3.05) is 25.2 Å². The van der Waals surface area contributed by atoms with Crippen LogP contribution in [-0.4, -0.2) is 31.3 Å². The monoisotopic (exact) mass is 316 g/mol. The Morgan fingerprint density at radius 1 is 1.24 bits per heavy atom. The van der Waals surface area contributed by atoms with Crippen molar-refractivity contribution in [2.24, 2.45) is 11.3 Å². The second-order valence-electron chi connectivity index (χ2n) is 6.75. The average molecular weight is 317 g/mol. The van der Waals surface area contributed by atoms with Crippen molar-refractivity contribution in [3.8, 4) is 0 Å². The second-order valence-corrected chi connectivity index (χ2v) is 7.74. The predicted molar refractivity (Wildman–Crippen MR) is 96.0 cm³/mol. The van der Waals surface area contributed by atoms with E-state index in [1.807, 2.05) is 11.8 Å². The van der Waals surface area contributed by atoms with E-state index in [4.69, 9.17) is 9.47 Å². The van der Waals surface area contributed by atoms with E-state index in [1.165, 1.54) is 12.2 Å². The molecule has 0 bridgehead atoms. The summed E-state index contributed by atoms with van der Waals surface area (Å²) < 4.78 is 11.8. The van der Waals surface area contributed by atoms with E-state index in [9.17, 15) is 0 Å². The summed E-state index contributed by atoms with van der Waals surface area (Å²) in [5, 5.41) is 0. The summed E-state index contributed by atoms with van der Waals surface area (Å²) in [4.78, 5) is 0. The van der Waals surface area contributed by atoms with Crippen LogP contribution in [0.2, 0.25) is 0 Å². The van der Waals surface area contributed by atoms with Gasteiger partial charge in [0.2, 0.25) is 0 Å². The zero-order chi connectivity index (χ0) is 16.3. The summed E-state index contributed by atoms with van der Waals surface area (Å²) in [6.07, 6.45) is 7.14. The van der Waals surface area contributed by atoms with Gasteiger partial charge in [0.1, 0.15) is 0 Å². The maximum Gasteiger partial charge on any atom is 0.0944 e. The summed E-state index contributed by atoms with van der Waals surface area (Å²) in [6.45, 7) is 16.5. The van der Waals surface area contributed by atoms with Crippen molar-refractivity contribution in [3.05, 3.63) is 12.3 Å². The molecule has 0 saturated heterocycles. The molecule has 0 fully saturated rings. The molecule has 0 aliphatic heterocycles. The third kappa shape index (κ3) is 10.2. The van der Waals surface area contributed by atoms with Crippen LogP contribution in [0.1, 0.15) is 60.3 Å². The molecule has 0 amide bonds. The van der Waals surface area contributed by atoms with Gasteiger partial charge in [0.15, 0.2) is 0 Å². The highest BCUT2D eigenvalue weighted by atomic mass is 32.2. The van der Waals surface area contributed by atoms with E-state index < -0.39 is 0 Å². The van der Waals surface area contributed by atoms with E-state index in [0.717, 1.165) is 31.6 Å². The average Bonchev–Trinajstić information content (AvgIpc) is 2.42. The number of rotatable bonds is 13. The summed E-state index contributed by atoms with van der Waals surface area (Å²) in [7, 11) is 0. The molecule has 0 N–H and O–H groups in total. The topological polar surface area (TPSA) is 18.5 Å². The molecule has 0 saturated carbocycles. The summed E-state index contributed by atoms with van der Waals surface area (Å²) in [6, 6.07) is 0. The Balaban J connectivity index is 3.84. The van der Waals surface area contributed by atoms with Crippen LogP contribution in [0.4, 0.5) is 0 Å². The maximum atomic E-state index is 5.90. The summed E-state index contributed by atoms with van der Waals surface area (Å²) in [5.41, 5.74) is 0.0699. The first-order chi connectivity index (χ1) is 9.83. The molecule has 0 aliphatic rings. The largest absolute Gasteiger partial charge is 0.498 e. The van der Waals surface area contributed by atoms with E-state index in [0.29, 0.717) is 18.6 Å². The van der Waals surface area contributed by atoms with Gasteiger partial charge < -0.3 is 9.47 Å². The molecule has 21 heavy (non-hydrogen) atoms. The fourth-order valence-electron chi connectivity index (χ4n) is 2.18. The Kier molecular flexibility index (Phi) is 11.3. The van der Waals surface area contributed by atoms with Crippen molar-refractivity contribution < 1.29 is 9.47 Å². The molecular weight excluding hydrogens is 280 g/mol. The lowest BCUT2D eigenvalue weighted by Gasteiger charge is -2.28. The lowest BCUT2D eigenvalue weighted by molar-refractivity contribution is 0.0141. The molecule has 0 heterocycles. The molecule has 0 rings (SSSR count). The fraction of sp³-hybridized carbons (Fsp3) is 0.889. The first-order valence-electron chi connectivity index (χ1n) is 8.26. The van der Waals surface area contributed by atoms with Crippen LogP contribution in [-0.2, 0) is 9.47 Å². The predicted octanol–water partition coefficient (Wildman–Crippen LogP) is 5.53. The third-order valence-corrected chi connectivity index (χ3v) is 4.49. The minimum atomic E-state index is 0.0699. The van der Waals surface area contributed by atoms with E-state index in [-0.39, 0.29) is 5.41 Å². The van der Waals surface area contributed by atoms with Gasteiger partial charge in [0.25, 0.3) is 0 Å². The molecule has 2 atom stereocenters. The highest BCUT2D eigenvalue weighted by molar-refractivity contribution is 7.98. The molecule has 0 aromatic rings. The molecule has 0 aliphatic carbocycles. The standard InChI is InChI=1S/C18H36O2S/c1-8-11-18(5,6)17(4)20-14-15(2)13-19-16(3)10-9-12-21-7/h15-16H,4,8-14H2,1-3,5-7H3. The van der Waals surface area contributed by atoms with Crippen LogP contribution in [0.5, 0.6) is 0 Å². The van der Waals surface area contributed by atoms with Crippen molar-refractivity contribution >= 4 is 11.8 Å². The van der Waals surface area contributed by atoms with Crippen LogP contribution < -0.4 is 0 Å². The van der Waals surface area contributed by atoms with Gasteiger partial charge in [-0.1, -0.05) is 40.7 Å². The lowest BCUT2D eigenvalue weighted by atomic mass is 9.86. The van der Waals surface area contributed by atoms with Crippen LogP contribution in [0.3, 0.4) is 0 Å². The summed E-state index contributed by atoms with van der Waals surface area (Å²) in [5.74, 6) is 2.53. The second kappa shape index (κ2) is 11.4. The fourth-order valence-corrected chi connectivity index (χ4v) is 2.63. The van der Waals surface area contributed by atoms with Crippen molar-refractivity contribution in [1.82, 2.24) is 0 Å². The van der Waals surface area contributed by atoms with E-state index >= 15 is 0 Å². The highest BCUT2D eigenvalue weighted by Gasteiger charge is 2.22. The highest BCUT2D eigenvalue weighted by Crippen LogP contribution is 2.31. The Morgan fingerprint density at radius 3 is 2.48 bits per heavy atom. The van der Waals surface area contributed by atoms with E-state index in [1.54, 1.807) is 0 Å². The first kappa shape index (κ1) is 20.9. The van der Waals surface area contributed by atoms with Gasteiger partial charge in [-0.25, -0.2) is 0 Å². The van der Waals surface area contributed by atoms with E-state index in [2.05, 4.69) is 47.5 Å². The summed E-state index contributed by atoms with van der Waals surface area (Å²) >= 11 is 1.90. The quantitative estimate of drug-likeness (QED) is 0.329. The minimum Gasteiger partial charge on any atom is -0.498 e. The van der Waals surface area contributed by atoms with Crippen LogP contribution >= 0.6 is 11.8 Å². The maximum absolute atomic E-state index is 5.90. The van der Waals surface area contributed by atoms with Crippen molar-refractivity contribution in [1.29, 1.82) is 0 Å². The molecule has 2 unspecified atom stereocenters. The van der Waals surface area contributed by atoms with Gasteiger partial charge in [0, 0.05) is 11.3 Å². The smallest absolute Gasteiger partial charge is 0.0944 e. The van der Waals surface area contributed by atoms with Gasteiger partial charge >= 0.3 is 0 Å². The van der Waals surface area contributed by atoms with Crippen molar-refractivity contribution in [3.63, 3.8) is 0 Å². The molecule has 0 aromatic heterocycles. The van der Waals surface area contributed by atoms with Crippen molar-refractivity contribution in [2.45, 2.75) is 66.4 Å². The normalized spacial score (nSPS) is 14.8. The van der Waals surface area contributed by atoms with Crippen LogP contribution in [0, 0.1) is 11.3 Å². The first-order valence-corrected chi connectivity index (χ1v) is 9.65. The van der Waals surface area contributed by atoms with Gasteiger partial charge in [0.05, 0.1) is 25.1 Å². The Bertz CT molecular complexity index is 276. The number of ether oxygens (including phenoxy) is 2. The molecule has 2 nitrogen and oxygen atoms in total. The molecule has 126 valence electrons. The molecular formula is C18H36O2S. The van der Waals surface area contributed by atoms with Gasteiger partial charge in [-0.15, -0.1) is 0 Å². The molecule has 3 heteroatoms. The molecule has 0 radical (unpaired) electrons. The molecule has 0 spiro atoms. The number of thioether (sulfide) groups is 1.